The van der Waals surface area contributed by atoms with Gasteiger partial charge >= 0.3 is 0 Å². The molecule has 0 aromatic heterocycles. The van der Waals surface area contributed by atoms with Gasteiger partial charge in [0.05, 0.1) is 6.61 Å². The van der Waals surface area contributed by atoms with Gasteiger partial charge in [-0.15, -0.1) is 0 Å². The predicted molar refractivity (Wildman–Crippen MR) is 76.5 cm³/mol. The van der Waals surface area contributed by atoms with Gasteiger partial charge in [-0.1, -0.05) is 29.8 Å². The highest BCUT2D eigenvalue weighted by atomic mass is 79.9. The SMILES string of the molecule is CCC(CC)(CS)COc1ccc(Br)cc1. The Bertz CT molecular complexity index is 298. The minimum atomic E-state index is 0.205. The average molecular weight is 303 g/mol. The van der Waals surface area contributed by atoms with E-state index in [2.05, 4.69) is 42.4 Å². The van der Waals surface area contributed by atoms with E-state index in [4.69, 9.17) is 4.74 Å². The van der Waals surface area contributed by atoms with E-state index in [0.29, 0.717) is 0 Å². The van der Waals surface area contributed by atoms with Crippen LogP contribution in [-0.4, -0.2) is 12.4 Å². The van der Waals surface area contributed by atoms with Crippen molar-refractivity contribution in [3.8, 4) is 5.75 Å². The number of hydrogen-bond acceptors (Lipinski definition) is 2. The summed E-state index contributed by atoms with van der Waals surface area (Å²) in [7, 11) is 0. The van der Waals surface area contributed by atoms with E-state index in [-0.39, 0.29) is 5.41 Å². The molecular formula is C13H19BrOS. The Hall–Kier alpha value is -0.150. The molecule has 0 amide bonds. The van der Waals surface area contributed by atoms with E-state index in [9.17, 15) is 0 Å². The summed E-state index contributed by atoms with van der Waals surface area (Å²) in [4.78, 5) is 0. The van der Waals surface area contributed by atoms with Crippen LogP contribution in [0.4, 0.5) is 0 Å². The molecule has 16 heavy (non-hydrogen) atoms. The molecule has 0 unspecified atom stereocenters. The Morgan fingerprint density at radius 3 is 2.19 bits per heavy atom. The first-order chi connectivity index (χ1) is 7.65. The monoisotopic (exact) mass is 302 g/mol. The zero-order valence-electron chi connectivity index (χ0n) is 9.87. The van der Waals surface area contributed by atoms with Gasteiger partial charge < -0.3 is 4.74 Å². The summed E-state index contributed by atoms with van der Waals surface area (Å²) in [6.07, 6.45) is 2.20. The number of halogens is 1. The zero-order chi connectivity index (χ0) is 12.0. The van der Waals surface area contributed by atoms with E-state index >= 15 is 0 Å². The molecule has 0 saturated heterocycles. The fourth-order valence-electron chi connectivity index (χ4n) is 1.49. The molecule has 0 aliphatic carbocycles. The Kier molecular flexibility index (Phi) is 5.70. The minimum absolute atomic E-state index is 0.205. The van der Waals surface area contributed by atoms with Crippen LogP contribution in [-0.2, 0) is 0 Å². The van der Waals surface area contributed by atoms with Crippen LogP contribution in [0.3, 0.4) is 0 Å². The zero-order valence-corrected chi connectivity index (χ0v) is 12.4. The van der Waals surface area contributed by atoms with Crippen LogP contribution in [0, 0.1) is 5.41 Å². The van der Waals surface area contributed by atoms with Gasteiger partial charge in [-0.05, 0) is 42.9 Å². The quantitative estimate of drug-likeness (QED) is 0.758. The molecule has 1 nitrogen and oxygen atoms in total. The Labute approximate surface area is 112 Å². The summed E-state index contributed by atoms with van der Waals surface area (Å²) in [6, 6.07) is 7.96. The average Bonchev–Trinajstić information content (AvgIpc) is 2.34. The molecule has 3 heteroatoms. The van der Waals surface area contributed by atoms with Crippen LogP contribution in [0.5, 0.6) is 5.75 Å². The van der Waals surface area contributed by atoms with Crippen molar-refractivity contribution < 1.29 is 4.74 Å². The topological polar surface area (TPSA) is 9.23 Å². The fraction of sp³-hybridized carbons (Fsp3) is 0.538. The first-order valence-corrected chi connectivity index (χ1v) is 7.07. The van der Waals surface area contributed by atoms with Crippen LogP contribution in [0.1, 0.15) is 26.7 Å². The second-order valence-electron chi connectivity index (χ2n) is 4.11. The first kappa shape index (κ1) is 13.9. The van der Waals surface area contributed by atoms with Crippen molar-refractivity contribution in [1.29, 1.82) is 0 Å². The third kappa shape index (κ3) is 3.70. The molecule has 0 fully saturated rings. The predicted octanol–water partition coefficient (Wildman–Crippen LogP) is 4.56. The van der Waals surface area contributed by atoms with Crippen molar-refractivity contribution in [2.45, 2.75) is 26.7 Å². The molecule has 1 aromatic carbocycles. The van der Waals surface area contributed by atoms with Crippen LogP contribution in [0.25, 0.3) is 0 Å². The smallest absolute Gasteiger partial charge is 0.119 e. The molecule has 0 radical (unpaired) electrons. The number of thiol groups is 1. The highest BCUT2D eigenvalue weighted by Crippen LogP contribution is 2.29. The molecule has 0 atom stereocenters. The molecule has 0 aliphatic rings. The lowest BCUT2D eigenvalue weighted by Gasteiger charge is -2.29. The van der Waals surface area contributed by atoms with E-state index in [1.807, 2.05) is 24.3 Å². The van der Waals surface area contributed by atoms with Gasteiger partial charge in [0, 0.05) is 9.89 Å². The number of benzene rings is 1. The van der Waals surface area contributed by atoms with Crippen molar-refractivity contribution in [3.05, 3.63) is 28.7 Å². The maximum Gasteiger partial charge on any atom is 0.119 e. The van der Waals surface area contributed by atoms with Crippen molar-refractivity contribution in [2.75, 3.05) is 12.4 Å². The Balaban J connectivity index is 2.58. The summed E-state index contributed by atoms with van der Waals surface area (Å²) >= 11 is 7.85. The number of hydrogen-bond donors (Lipinski definition) is 1. The third-order valence-electron chi connectivity index (χ3n) is 3.19. The van der Waals surface area contributed by atoms with Gasteiger partial charge in [0.2, 0.25) is 0 Å². The molecular weight excluding hydrogens is 284 g/mol. The van der Waals surface area contributed by atoms with E-state index in [1.54, 1.807) is 0 Å². The highest BCUT2D eigenvalue weighted by molar-refractivity contribution is 9.10. The summed E-state index contributed by atoms with van der Waals surface area (Å²) in [5.74, 6) is 1.80. The van der Waals surface area contributed by atoms with Crippen molar-refractivity contribution in [3.63, 3.8) is 0 Å². The normalized spacial score (nSPS) is 11.5. The summed E-state index contributed by atoms with van der Waals surface area (Å²) in [5.41, 5.74) is 0.205. The molecule has 90 valence electrons. The number of rotatable bonds is 6. The first-order valence-electron chi connectivity index (χ1n) is 5.65. The van der Waals surface area contributed by atoms with Crippen molar-refractivity contribution >= 4 is 28.6 Å². The molecule has 1 rings (SSSR count). The Morgan fingerprint density at radius 2 is 1.75 bits per heavy atom. The maximum absolute atomic E-state index is 5.83. The van der Waals surface area contributed by atoms with Gasteiger partial charge in [0.15, 0.2) is 0 Å². The van der Waals surface area contributed by atoms with E-state index in [0.717, 1.165) is 35.4 Å². The lowest BCUT2D eigenvalue weighted by Crippen LogP contribution is -2.29. The van der Waals surface area contributed by atoms with Crippen LogP contribution in [0.15, 0.2) is 28.7 Å². The van der Waals surface area contributed by atoms with Gasteiger partial charge in [-0.3, -0.25) is 0 Å². The summed E-state index contributed by atoms with van der Waals surface area (Å²) < 4.78 is 6.90. The second-order valence-corrected chi connectivity index (χ2v) is 5.34. The molecule has 0 N–H and O–H groups in total. The summed E-state index contributed by atoms with van der Waals surface area (Å²) in [5, 5.41) is 0. The lowest BCUT2D eigenvalue weighted by molar-refractivity contribution is 0.157. The fourth-order valence-corrected chi connectivity index (χ4v) is 2.29. The van der Waals surface area contributed by atoms with E-state index < -0.39 is 0 Å². The molecule has 0 spiro atoms. The molecule has 0 aliphatic heterocycles. The van der Waals surface area contributed by atoms with Crippen LogP contribution >= 0.6 is 28.6 Å². The third-order valence-corrected chi connectivity index (χ3v) is 4.39. The van der Waals surface area contributed by atoms with Gasteiger partial charge in [-0.2, -0.15) is 12.6 Å². The van der Waals surface area contributed by atoms with E-state index in [1.165, 1.54) is 0 Å². The summed E-state index contributed by atoms with van der Waals surface area (Å²) in [6.45, 7) is 5.14. The minimum Gasteiger partial charge on any atom is -0.493 e. The van der Waals surface area contributed by atoms with Gasteiger partial charge in [0.25, 0.3) is 0 Å². The lowest BCUT2D eigenvalue weighted by atomic mass is 9.85. The Morgan fingerprint density at radius 1 is 1.19 bits per heavy atom. The van der Waals surface area contributed by atoms with Crippen molar-refractivity contribution in [2.24, 2.45) is 5.41 Å². The van der Waals surface area contributed by atoms with Crippen LogP contribution < -0.4 is 4.74 Å². The van der Waals surface area contributed by atoms with Crippen molar-refractivity contribution in [1.82, 2.24) is 0 Å². The van der Waals surface area contributed by atoms with Crippen LogP contribution in [0.2, 0.25) is 0 Å². The standard InChI is InChI=1S/C13H19BrOS/c1-3-13(4-2,10-16)9-15-12-7-5-11(14)6-8-12/h5-8,16H,3-4,9-10H2,1-2H3. The second kappa shape index (κ2) is 6.55. The molecule has 0 bridgehead atoms. The van der Waals surface area contributed by atoms with Gasteiger partial charge in [-0.25, -0.2) is 0 Å². The highest BCUT2D eigenvalue weighted by Gasteiger charge is 2.25. The molecule has 0 saturated carbocycles. The molecule has 1 aromatic rings. The number of ether oxygens (including phenoxy) is 1. The maximum atomic E-state index is 5.83. The molecule has 0 heterocycles. The van der Waals surface area contributed by atoms with Gasteiger partial charge in [0.1, 0.15) is 5.75 Å². The largest absolute Gasteiger partial charge is 0.493 e.